The minimum Gasteiger partial charge on any atom is -0.477 e. The van der Waals surface area contributed by atoms with Gasteiger partial charge in [-0.3, -0.25) is 19.3 Å². The lowest BCUT2D eigenvalue weighted by atomic mass is 10.0. The SMILES string of the molecule is C#CCn1nnnc1SCC1=C(C(=O)O)N2C(=O)C(NC(=O)/C(=N\OCC(=O)OC(C)(C)C)c3csc(NC=O)n3)[C@H]2SC1. The molecule has 1 unspecified atom stereocenters. The molecule has 1 saturated heterocycles. The molecule has 3 amide bonds. The van der Waals surface area contributed by atoms with Crippen molar-refractivity contribution in [2.24, 2.45) is 5.16 Å². The number of carboxylic acid groups (broad SMARTS) is 1. The molecular weight excluding hydrogens is 639 g/mol. The number of thiazole rings is 1. The number of anilines is 1. The van der Waals surface area contributed by atoms with Crippen molar-refractivity contribution in [3.8, 4) is 12.3 Å². The van der Waals surface area contributed by atoms with Crippen molar-refractivity contribution in [1.29, 1.82) is 0 Å². The Bertz CT molecular complexity index is 1570. The lowest BCUT2D eigenvalue weighted by molar-refractivity contribution is -0.160. The molecule has 4 heterocycles. The van der Waals surface area contributed by atoms with E-state index in [0.29, 0.717) is 17.1 Å². The van der Waals surface area contributed by atoms with Crippen LogP contribution in [-0.2, 0) is 40.1 Å². The van der Waals surface area contributed by atoms with Crippen molar-refractivity contribution < 1.29 is 38.7 Å². The van der Waals surface area contributed by atoms with Crippen molar-refractivity contribution in [3.05, 3.63) is 22.3 Å². The first kappa shape index (κ1) is 32.4. The Kier molecular flexibility index (Phi) is 10.2. The molecule has 0 spiro atoms. The van der Waals surface area contributed by atoms with Crippen molar-refractivity contribution in [1.82, 2.24) is 35.4 Å². The maximum absolute atomic E-state index is 13.3. The molecule has 232 valence electrons. The van der Waals surface area contributed by atoms with Crippen LogP contribution in [0.15, 0.2) is 27.0 Å². The number of hydrogen-bond acceptors (Lipinski definition) is 15. The fourth-order valence-corrected chi connectivity index (χ4v) is 6.88. The van der Waals surface area contributed by atoms with E-state index in [1.54, 1.807) is 20.8 Å². The number of tetrazole rings is 1. The molecular formula is C24H25N9O8S3. The molecule has 20 heteroatoms. The van der Waals surface area contributed by atoms with Gasteiger partial charge in [0.05, 0.1) is 0 Å². The summed E-state index contributed by atoms with van der Waals surface area (Å²) in [6.45, 7) is 4.53. The van der Waals surface area contributed by atoms with E-state index in [1.807, 2.05) is 0 Å². The third-order valence-electron chi connectivity index (χ3n) is 5.55. The third-order valence-corrected chi connectivity index (χ3v) is 8.71. The number of fused-ring (bicyclic) bond motifs is 1. The number of β-lactam (4-membered cyclic amide) rings is 1. The number of nitrogens with one attached hydrogen (secondary N) is 2. The molecule has 0 bridgehead atoms. The van der Waals surface area contributed by atoms with E-state index < -0.39 is 47.4 Å². The van der Waals surface area contributed by atoms with E-state index in [-0.39, 0.29) is 40.3 Å². The minimum absolute atomic E-state index is 0.00132. The van der Waals surface area contributed by atoms with Crippen LogP contribution in [0.1, 0.15) is 26.5 Å². The Balaban J connectivity index is 1.49. The number of rotatable bonds is 13. The summed E-state index contributed by atoms with van der Waals surface area (Å²) in [7, 11) is 0. The molecule has 0 aliphatic carbocycles. The molecule has 2 aromatic rings. The summed E-state index contributed by atoms with van der Waals surface area (Å²) in [6, 6.07) is -1.10. The average Bonchev–Trinajstić information content (AvgIpc) is 3.61. The zero-order valence-corrected chi connectivity index (χ0v) is 25.8. The first-order valence-corrected chi connectivity index (χ1v) is 15.5. The number of aliphatic carboxylic acids is 1. The van der Waals surface area contributed by atoms with E-state index in [0.717, 1.165) is 16.2 Å². The topological polar surface area (TPSA) is 220 Å². The number of thioether (sulfide) groups is 2. The van der Waals surface area contributed by atoms with Gasteiger partial charge >= 0.3 is 11.9 Å². The van der Waals surface area contributed by atoms with Gasteiger partial charge < -0.3 is 25.3 Å². The van der Waals surface area contributed by atoms with E-state index in [2.05, 4.69) is 42.2 Å². The Morgan fingerprint density at radius 2 is 2.14 bits per heavy atom. The molecule has 2 aromatic heterocycles. The number of ether oxygens (including phenoxy) is 1. The number of carboxylic acids is 1. The van der Waals surface area contributed by atoms with Crippen molar-refractivity contribution in [2.45, 2.75) is 49.5 Å². The average molecular weight is 664 g/mol. The molecule has 0 aromatic carbocycles. The summed E-state index contributed by atoms with van der Waals surface area (Å²) in [5.74, 6) is -0.711. The molecule has 2 aliphatic rings. The van der Waals surface area contributed by atoms with Crippen LogP contribution in [0.3, 0.4) is 0 Å². The predicted octanol–water partition coefficient (Wildman–Crippen LogP) is -0.0756. The fourth-order valence-electron chi connectivity index (χ4n) is 3.87. The van der Waals surface area contributed by atoms with Gasteiger partial charge in [-0.2, -0.15) is 0 Å². The number of hydrogen-bond donors (Lipinski definition) is 3. The summed E-state index contributed by atoms with van der Waals surface area (Å²) < 4.78 is 6.55. The monoisotopic (exact) mass is 663 g/mol. The zero-order chi connectivity index (χ0) is 32.0. The van der Waals surface area contributed by atoms with Gasteiger partial charge in [-0.25, -0.2) is 19.3 Å². The van der Waals surface area contributed by atoms with E-state index >= 15 is 0 Å². The number of nitrogens with zero attached hydrogens (tertiary/aromatic N) is 7. The first-order chi connectivity index (χ1) is 20.9. The van der Waals surface area contributed by atoms with Crippen LogP contribution in [0, 0.1) is 12.3 Å². The fraction of sp³-hybridized carbons (Fsp3) is 0.417. The standard InChI is InChI=1S/C24H25N9O8S3/c1-5-6-32-23(28-30-31-32)44-9-12-8-42-20-16(19(37)33(20)17(12)21(38)39)27-18(36)15(13-10-43-22(26-13)25-11-34)29-40-7-14(35)41-24(2,3)4/h1,10-11,16,20H,6-9H2,2-4H3,(H,27,36)(H,38,39)(H,25,26,34)/b29-15-/t16?,20-/m1/s1. The molecule has 2 aliphatic heterocycles. The number of terminal acetylenes is 1. The lowest BCUT2D eigenvalue weighted by Gasteiger charge is -2.49. The molecule has 0 saturated carbocycles. The number of amides is 3. The lowest BCUT2D eigenvalue weighted by Crippen LogP contribution is -2.71. The van der Waals surface area contributed by atoms with Crippen LogP contribution >= 0.6 is 34.9 Å². The maximum atomic E-state index is 13.3. The second kappa shape index (κ2) is 13.9. The highest BCUT2D eigenvalue weighted by Crippen LogP contribution is 2.41. The van der Waals surface area contributed by atoms with Crippen LogP contribution in [0.4, 0.5) is 5.13 Å². The van der Waals surface area contributed by atoms with Crippen molar-refractivity contribution in [2.75, 3.05) is 23.4 Å². The number of carbonyl (C=O) groups is 5. The van der Waals surface area contributed by atoms with Gasteiger partial charge in [0.15, 0.2) is 10.8 Å². The highest BCUT2D eigenvalue weighted by molar-refractivity contribution is 8.01. The smallest absolute Gasteiger partial charge is 0.352 e. The summed E-state index contributed by atoms with van der Waals surface area (Å²) in [5.41, 5.74) is -0.882. The van der Waals surface area contributed by atoms with Gasteiger partial charge in [-0.05, 0) is 36.8 Å². The Labute approximate surface area is 262 Å². The number of aromatic nitrogens is 5. The van der Waals surface area contributed by atoms with Crippen LogP contribution in [0.25, 0.3) is 0 Å². The Morgan fingerprint density at radius 1 is 1.36 bits per heavy atom. The predicted molar refractivity (Wildman–Crippen MR) is 157 cm³/mol. The summed E-state index contributed by atoms with van der Waals surface area (Å²) in [5, 5.41) is 31.1. The van der Waals surface area contributed by atoms with Gasteiger partial charge in [0.25, 0.3) is 11.8 Å². The Hall–Kier alpha value is -4.48. The maximum Gasteiger partial charge on any atom is 0.352 e. The van der Waals surface area contributed by atoms with Crippen LogP contribution < -0.4 is 10.6 Å². The van der Waals surface area contributed by atoms with E-state index in [4.69, 9.17) is 16.0 Å². The largest absolute Gasteiger partial charge is 0.477 e. The highest BCUT2D eigenvalue weighted by Gasteiger charge is 2.54. The third kappa shape index (κ3) is 7.53. The van der Waals surface area contributed by atoms with Crippen molar-refractivity contribution >= 4 is 75.9 Å². The number of carbonyl (C=O) groups excluding carboxylic acids is 4. The summed E-state index contributed by atoms with van der Waals surface area (Å²) >= 11 is 3.44. The molecule has 3 N–H and O–H groups in total. The number of esters is 1. The van der Waals surface area contributed by atoms with Gasteiger partial charge in [0.2, 0.25) is 18.2 Å². The van der Waals surface area contributed by atoms with Gasteiger partial charge in [-0.1, -0.05) is 22.8 Å². The van der Waals surface area contributed by atoms with Crippen molar-refractivity contribution in [3.63, 3.8) is 0 Å². The van der Waals surface area contributed by atoms with Crippen LogP contribution in [-0.4, -0.2) is 106 Å². The summed E-state index contributed by atoms with van der Waals surface area (Å²) in [6.07, 6.45) is 5.73. The molecule has 0 radical (unpaired) electrons. The molecule has 17 nitrogen and oxygen atoms in total. The van der Waals surface area contributed by atoms with Crippen LogP contribution in [0.2, 0.25) is 0 Å². The zero-order valence-electron chi connectivity index (χ0n) is 23.4. The minimum atomic E-state index is -1.30. The molecule has 1 fully saturated rings. The molecule has 44 heavy (non-hydrogen) atoms. The second-order valence-electron chi connectivity index (χ2n) is 9.83. The number of oxime groups is 1. The molecule has 2 atom stereocenters. The second-order valence-corrected chi connectivity index (χ2v) is 12.7. The normalized spacial score (nSPS) is 18.1. The Morgan fingerprint density at radius 3 is 2.82 bits per heavy atom. The van der Waals surface area contributed by atoms with E-state index in [1.165, 1.54) is 33.6 Å². The van der Waals surface area contributed by atoms with Gasteiger partial charge in [0, 0.05) is 16.9 Å². The highest BCUT2D eigenvalue weighted by atomic mass is 32.2. The van der Waals surface area contributed by atoms with Gasteiger partial charge in [-0.15, -0.1) is 34.6 Å². The summed E-state index contributed by atoms with van der Waals surface area (Å²) in [4.78, 5) is 71.9. The molecule has 4 rings (SSSR count). The van der Waals surface area contributed by atoms with Gasteiger partial charge in [0.1, 0.15) is 35.0 Å². The first-order valence-electron chi connectivity index (χ1n) is 12.5. The van der Waals surface area contributed by atoms with E-state index in [9.17, 15) is 29.1 Å². The van der Waals surface area contributed by atoms with Crippen LogP contribution in [0.5, 0.6) is 0 Å². The quantitative estimate of drug-likeness (QED) is 0.0486.